The monoisotopic (exact) mass is 277 g/mol. The van der Waals surface area contributed by atoms with E-state index in [1.165, 1.54) is 11.1 Å². The lowest BCUT2D eigenvalue weighted by atomic mass is 9.83. The van der Waals surface area contributed by atoms with Crippen LogP contribution in [0.4, 0.5) is 0 Å². The summed E-state index contributed by atoms with van der Waals surface area (Å²) in [5.41, 5.74) is 2.53. The maximum atomic E-state index is 6.21. The highest BCUT2D eigenvalue weighted by Gasteiger charge is 2.37. The number of benzene rings is 1. The lowest BCUT2D eigenvalue weighted by molar-refractivity contribution is -0.0732. The molecule has 0 fully saturated rings. The van der Waals surface area contributed by atoms with Gasteiger partial charge in [-0.1, -0.05) is 50.6 Å². The maximum absolute atomic E-state index is 6.21. The van der Waals surface area contributed by atoms with Crippen LogP contribution < -0.4 is 5.32 Å². The molecule has 0 spiro atoms. The second-order valence-corrected chi connectivity index (χ2v) is 5.50. The first-order valence-electron chi connectivity index (χ1n) is 8.07. The molecule has 0 saturated heterocycles. The Hall–Kier alpha value is -0.860. The Labute approximate surface area is 124 Å². The van der Waals surface area contributed by atoms with Crippen molar-refractivity contribution in [3.8, 4) is 0 Å². The number of hydrogen-bond acceptors (Lipinski definition) is 2. The van der Waals surface area contributed by atoms with Crippen molar-refractivity contribution < 1.29 is 4.74 Å². The Morgan fingerprint density at radius 2 is 1.65 bits per heavy atom. The number of aryl methyl sites for hydroxylation is 1. The van der Waals surface area contributed by atoms with Gasteiger partial charge in [0.15, 0.2) is 0 Å². The molecule has 1 atom stereocenters. The van der Waals surface area contributed by atoms with E-state index in [4.69, 9.17) is 4.74 Å². The van der Waals surface area contributed by atoms with Gasteiger partial charge in [0, 0.05) is 6.61 Å². The van der Waals surface area contributed by atoms with E-state index >= 15 is 0 Å². The Morgan fingerprint density at radius 3 is 2.10 bits per heavy atom. The van der Waals surface area contributed by atoms with Crippen LogP contribution in [0, 0.1) is 6.92 Å². The van der Waals surface area contributed by atoms with Gasteiger partial charge in [0.2, 0.25) is 0 Å². The summed E-state index contributed by atoms with van der Waals surface area (Å²) >= 11 is 0. The minimum Gasteiger partial charge on any atom is -0.373 e. The Balaban J connectivity index is 3.10. The maximum Gasteiger partial charge on any atom is 0.0870 e. The van der Waals surface area contributed by atoms with Gasteiger partial charge in [0.1, 0.15) is 0 Å². The van der Waals surface area contributed by atoms with E-state index in [1.54, 1.807) is 0 Å². The highest BCUT2D eigenvalue weighted by Crippen LogP contribution is 2.35. The highest BCUT2D eigenvalue weighted by atomic mass is 16.5. The summed E-state index contributed by atoms with van der Waals surface area (Å²) in [6.45, 7) is 12.7. The summed E-state index contributed by atoms with van der Waals surface area (Å²) in [5.74, 6) is 0. The summed E-state index contributed by atoms with van der Waals surface area (Å²) in [6.07, 6.45) is 3.18. The molecule has 0 amide bonds. The minimum atomic E-state index is -0.112. The van der Waals surface area contributed by atoms with Crippen LogP contribution in [-0.2, 0) is 4.74 Å². The zero-order valence-electron chi connectivity index (χ0n) is 13.8. The lowest BCUT2D eigenvalue weighted by Crippen LogP contribution is -2.45. The normalized spacial score (nSPS) is 13.4. The smallest absolute Gasteiger partial charge is 0.0870 e. The third-order valence-electron chi connectivity index (χ3n) is 4.16. The first-order valence-corrected chi connectivity index (χ1v) is 8.07. The second kappa shape index (κ2) is 8.43. The van der Waals surface area contributed by atoms with Crippen LogP contribution in [-0.4, -0.2) is 18.8 Å². The van der Waals surface area contributed by atoms with Crippen molar-refractivity contribution in [1.29, 1.82) is 0 Å². The van der Waals surface area contributed by atoms with E-state index < -0.39 is 0 Å². The van der Waals surface area contributed by atoms with Crippen LogP contribution in [0.1, 0.15) is 64.1 Å². The summed E-state index contributed by atoms with van der Waals surface area (Å²) in [6, 6.07) is 9.12. The predicted molar refractivity (Wildman–Crippen MR) is 87.2 cm³/mol. The third kappa shape index (κ3) is 4.07. The lowest BCUT2D eigenvalue weighted by Gasteiger charge is -2.40. The molecule has 1 aromatic carbocycles. The molecule has 2 heteroatoms. The van der Waals surface area contributed by atoms with E-state index in [1.807, 2.05) is 0 Å². The van der Waals surface area contributed by atoms with Gasteiger partial charge in [-0.2, -0.15) is 0 Å². The van der Waals surface area contributed by atoms with Crippen molar-refractivity contribution in [1.82, 2.24) is 5.32 Å². The first-order chi connectivity index (χ1) is 9.63. The van der Waals surface area contributed by atoms with Crippen LogP contribution in [0.5, 0.6) is 0 Å². The van der Waals surface area contributed by atoms with Crippen molar-refractivity contribution in [3.63, 3.8) is 0 Å². The SMILES string of the molecule is CCCNC(c1ccc(C)cc1)C(CC)(CC)OCC. The first kappa shape index (κ1) is 17.2. The van der Waals surface area contributed by atoms with Crippen molar-refractivity contribution >= 4 is 0 Å². The fraction of sp³-hybridized carbons (Fsp3) is 0.667. The highest BCUT2D eigenvalue weighted by molar-refractivity contribution is 5.26. The summed E-state index contributed by atoms with van der Waals surface area (Å²) in [5, 5.41) is 3.71. The predicted octanol–water partition coefficient (Wildman–Crippen LogP) is 4.63. The molecule has 0 aromatic heterocycles. The molecule has 1 N–H and O–H groups in total. The molecule has 0 heterocycles. The van der Waals surface area contributed by atoms with Crippen LogP contribution in [0.15, 0.2) is 24.3 Å². The summed E-state index contributed by atoms with van der Waals surface area (Å²) in [4.78, 5) is 0. The van der Waals surface area contributed by atoms with Crippen molar-refractivity contribution in [2.24, 2.45) is 0 Å². The van der Waals surface area contributed by atoms with Crippen LogP contribution in [0.3, 0.4) is 0 Å². The van der Waals surface area contributed by atoms with Gasteiger partial charge in [-0.15, -0.1) is 0 Å². The molecular weight excluding hydrogens is 246 g/mol. The number of hydrogen-bond donors (Lipinski definition) is 1. The fourth-order valence-electron chi connectivity index (χ4n) is 2.89. The van der Waals surface area contributed by atoms with Crippen LogP contribution in [0.25, 0.3) is 0 Å². The number of rotatable bonds is 9. The summed E-state index contributed by atoms with van der Waals surface area (Å²) < 4.78 is 6.21. The average Bonchev–Trinajstić information content (AvgIpc) is 2.48. The van der Waals surface area contributed by atoms with E-state index in [0.29, 0.717) is 0 Å². The largest absolute Gasteiger partial charge is 0.373 e. The van der Waals surface area contributed by atoms with Gasteiger partial charge in [0.25, 0.3) is 0 Å². The Morgan fingerprint density at radius 1 is 1.05 bits per heavy atom. The Bertz CT molecular complexity index is 368. The van der Waals surface area contributed by atoms with E-state index in [0.717, 1.165) is 32.4 Å². The molecule has 0 aliphatic carbocycles. The standard InChI is InChI=1S/C18H31NO/c1-6-14-19-17(16-12-10-15(5)11-13-16)18(7-2,8-3)20-9-4/h10-13,17,19H,6-9,14H2,1-5H3. The fourth-order valence-corrected chi connectivity index (χ4v) is 2.89. The van der Waals surface area contributed by atoms with Gasteiger partial charge in [-0.3, -0.25) is 0 Å². The van der Waals surface area contributed by atoms with Gasteiger partial charge < -0.3 is 10.1 Å². The van der Waals surface area contributed by atoms with Gasteiger partial charge in [-0.05, 0) is 45.2 Å². The van der Waals surface area contributed by atoms with Gasteiger partial charge in [0.05, 0.1) is 11.6 Å². The van der Waals surface area contributed by atoms with Crippen molar-refractivity contribution in [2.45, 2.75) is 65.5 Å². The molecule has 1 rings (SSSR count). The van der Waals surface area contributed by atoms with Gasteiger partial charge >= 0.3 is 0 Å². The molecule has 0 aliphatic heterocycles. The number of ether oxygens (including phenoxy) is 1. The van der Waals surface area contributed by atoms with Crippen molar-refractivity contribution in [3.05, 3.63) is 35.4 Å². The molecule has 20 heavy (non-hydrogen) atoms. The average molecular weight is 277 g/mol. The van der Waals surface area contributed by atoms with E-state index in [-0.39, 0.29) is 11.6 Å². The molecule has 1 aromatic rings. The zero-order chi connectivity index (χ0) is 15.0. The second-order valence-electron chi connectivity index (χ2n) is 5.50. The quantitative estimate of drug-likeness (QED) is 0.710. The minimum absolute atomic E-state index is 0.112. The number of nitrogens with one attached hydrogen (secondary N) is 1. The molecule has 0 aliphatic rings. The van der Waals surface area contributed by atoms with Crippen LogP contribution >= 0.6 is 0 Å². The third-order valence-corrected chi connectivity index (χ3v) is 4.16. The molecule has 114 valence electrons. The zero-order valence-corrected chi connectivity index (χ0v) is 13.8. The molecular formula is C18H31NO. The topological polar surface area (TPSA) is 21.3 Å². The summed E-state index contributed by atoms with van der Waals surface area (Å²) in [7, 11) is 0. The Kier molecular flexibility index (Phi) is 7.25. The molecule has 2 nitrogen and oxygen atoms in total. The van der Waals surface area contributed by atoms with Crippen molar-refractivity contribution in [2.75, 3.05) is 13.2 Å². The molecule has 0 saturated carbocycles. The van der Waals surface area contributed by atoms with E-state index in [9.17, 15) is 0 Å². The molecule has 0 radical (unpaired) electrons. The molecule has 0 bridgehead atoms. The molecule has 1 unspecified atom stereocenters. The van der Waals surface area contributed by atoms with Crippen LogP contribution in [0.2, 0.25) is 0 Å². The van der Waals surface area contributed by atoms with Gasteiger partial charge in [-0.25, -0.2) is 0 Å². The van der Waals surface area contributed by atoms with E-state index in [2.05, 4.69) is 64.2 Å².